The molecule has 142 valence electrons. The predicted octanol–water partition coefficient (Wildman–Crippen LogP) is 3.94. The van der Waals surface area contributed by atoms with E-state index in [4.69, 9.17) is 30.8 Å². The number of nitrogens with zero attached hydrogens (tertiary/aromatic N) is 1. The molecule has 0 aromatic heterocycles. The van der Waals surface area contributed by atoms with Crippen LogP contribution in [0.3, 0.4) is 0 Å². The van der Waals surface area contributed by atoms with Gasteiger partial charge in [-0.2, -0.15) is 0 Å². The van der Waals surface area contributed by atoms with Crippen LogP contribution in [0.1, 0.15) is 29.9 Å². The fraction of sp³-hybridized carbons (Fsp3) is 0.333. The van der Waals surface area contributed by atoms with E-state index in [0.717, 1.165) is 18.0 Å². The van der Waals surface area contributed by atoms with E-state index in [1.807, 2.05) is 6.07 Å². The van der Waals surface area contributed by atoms with Gasteiger partial charge < -0.3 is 24.9 Å². The molecular weight excluding hydrogens is 375 g/mol. The molecule has 0 bridgehead atoms. The first kappa shape index (κ1) is 20.9. The first-order chi connectivity index (χ1) is 12.1. The topological polar surface area (TPSA) is 93.0 Å². The van der Waals surface area contributed by atoms with Crippen LogP contribution in [0.15, 0.2) is 42.5 Å². The van der Waals surface area contributed by atoms with E-state index in [1.54, 1.807) is 0 Å². The Kier molecular flexibility index (Phi) is 7.24. The molecule has 2 aromatic carbocycles. The smallest absolute Gasteiger partial charge is 0.355 e. The van der Waals surface area contributed by atoms with Crippen LogP contribution in [0.5, 0.6) is 0 Å². The Morgan fingerprint density at radius 1 is 1.08 bits per heavy atom. The first-order valence-corrected chi connectivity index (χ1v) is 10.2. The minimum Gasteiger partial charge on any atom is -0.355 e. The number of phosphoric acid groups is 1. The Balaban J connectivity index is 0.000000431. The molecule has 6 nitrogen and oxygen atoms in total. The number of nitrogens with one attached hydrogen (secondary N) is 1. The Hall–Kier alpha value is -1.40. The van der Waals surface area contributed by atoms with Gasteiger partial charge in [-0.1, -0.05) is 29.8 Å². The third-order valence-electron chi connectivity index (χ3n) is 4.09. The molecule has 0 fully saturated rings. The van der Waals surface area contributed by atoms with Gasteiger partial charge in [-0.25, -0.2) is 4.57 Å². The van der Waals surface area contributed by atoms with Crippen molar-refractivity contribution in [3.63, 3.8) is 0 Å². The summed E-state index contributed by atoms with van der Waals surface area (Å²) in [5, 5.41) is 4.34. The average Bonchev–Trinajstić information content (AvgIpc) is 2.53. The zero-order valence-electron chi connectivity index (χ0n) is 14.8. The Morgan fingerprint density at radius 3 is 2.35 bits per heavy atom. The van der Waals surface area contributed by atoms with Crippen LogP contribution < -0.4 is 5.32 Å². The first-order valence-electron chi connectivity index (χ1n) is 8.23. The maximum atomic E-state index is 8.88. The molecule has 8 heteroatoms. The standard InChI is InChI=1S/C18H21ClN2.H3O4P/c1-21(2)11-5-7-14-15-6-3-4-8-17(15)20-18-10-9-13(19)12-16(14)18;1-5(2,3)4/h3-4,6,8-10,12,14,20H,5,7,11H2,1-2H3;(H3,1,2,3,4)/t14-;/m1./s1. The van der Waals surface area contributed by atoms with E-state index in [0.29, 0.717) is 5.92 Å². The van der Waals surface area contributed by atoms with Crippen LogP contribution >= 0.6 is 19.4 Å². The normalized spacial score (nSPS) is 15.4. The lowest BCUT2D eigenvalue weighted by Gasteiger charge is -2.30. The molecule has 0 saturated carbocycles. The number of hydrogen-bond donors (Lipinski definition) is 4. The summed E-state index contributed by atoms with van der Waals surface area (Å²) in [6, 6.07) is 14.8. The highest BCUT2D eigenvalue weighted by Gasteiger charge is 2.25. The van der Waals surface area contributed by atoms with Crippen LogP contribution in [0.2, 0.25) is 5.02 Å². The Bertz CT molecular complexity index is 786. The lowest BCUT2D eigenvalue weighted by molar-refractivity contribution is 0.275. The summed E-state index contributed by atoms with van der Waals surface area (Å²) in [7, 11) is -0.387. The third kappa shape index (κ3) is 6.40. The van der Waals surface area contributed by atoms with Crippen LogP contribution in [-0.2, 0) is 4.57 Å². The van der Waals surface area contributed by atoms with Crippen molar-refractivity contribution < 1.29 is 19.2 Å². The number of anilines is 2. The third-order valence-corrected chi connectivity index (χ3v) is 4.33. The van der Waals surface area contributed by atoms with Gasteiger partial charge in [0.25, 0.3) is 0 Å². The van der Waals surface area contributed by atoms with Crippen molar-refractivity contribution in [3.8, 4) is 0 Å². The fourth-order valence-electron chi connectivity index (χ4n) is 3.09. The molecule has 1 heterocycles. The fourth-order valence-corrected chi connectivity index (χ4v) is 3.27. The van der Waals surface area contributed by atoms with E-state index in [-0.39, 0.29) is 0 Å². The molecule has 0 unspecified atom stereocenters. The highest BCUT2D eigenvalue weighted by Crippen LogP contribution is 2.44. The lowest BCUT2D eigenvalue weighted by Crippen LogP contribution is -2.17. The average molecular weight is 399 g/mol. The van der Waals surface area contributed by atoms with E-state index < -0.39 is 7.82 Å². The van der Waals surface area contributed by atoms with Crippen molar-refractivity contribution >= 4 is 30.8 Å². The summed E-state index contributed by atoms with van der Waals surface area (Å²) in [6.07, 6.45) is 2.32. The molecule has 2 aromatic rings. The molecule has 0 aliphatic carbocycles. The van der Waals surface area contributed by atoms with Crippen molar-refractivity contribution in [2.45, 2.75) is 18.8 Å². The zero-order chi connectivity index (χ0) is 19.3. The highest BCUT2D eigenvalue weighted by molar-refractivity contribution is 7.45. The minimum absolute atomic E-state index is 0.427. The number of fused-ring (bicyclic) bond motifs is 2. The van der Waals surface area contributed by atoms with E-state index in [9.17, 15) is 0 Å². The lowest BCUT2D eigenvalue weighted by atomic mass is 9.83. The van der Waals surface area contributed by atoms with Gasteiger partial charge in [0, 0.05) is 22.3 Å². The summed E-state index contributed by atoms with van der Waals surface area (Å²) in [4.78, 5) is 23.8. The monoisotopic (exact) mass is 398 g/mol. The van der Waals surface area contributed by atoms with Crippen LogP contribution in [0.25, 0.3) is 0 Å². The van der Waals surface area contributed by atoms with Crippen molar-refractivity contribution in [2.24, 2.45) is 0 Å². The second-order valence-corrected chi connectivity index (χ2v) is 7.92. The van der Waals surface area contributed by atoms with Gasteiger partial charge in [0.05, 0.1) is 0 Å². The Labute approximate surface area is 158 Å². The summed E-state index contributed by atoms with van der Waals surface area (Å²) >= 11 is 6.22. The highest BCUT2D eigenvalue weighted by atomic mass is 35.5. The molecule has 0 amide bonds. The maximum Gasteiger partial charge on any atom is 0.466 e. The molecule has 1 atom stereocenters. The zero-order valence-corrected chi connectivity index (χ0v) is 16.4. The van der Waals surface area contributed by atoms with E-state index in [1.165, 1.54) is 28.9 Å². The summed E-state index contributed by atoms with van der Waals surface area (Å²) in [5.41, 5.74) is 5.11. The van der Waals surface area contributed by atoms with E-state index >= 15 is 0 Å². The van der Waals surface area contributed by atoms with Crippen molar-refractivity contribution in [3.05, 3.63) is 58.6 Å². The van der Waals surface area contributed by atoms with Gasteiger partial charge in [0.1, 0.15) is 0 Å². The number of halogens is 1. The summed E-state index contributed by atoms with van der Waals surface area (Å²) < 4.78 is 8.88. The van der Waals surface area contributed by atoms with Gasteiger partial charge in [-0.05, 0) is 68.9 Å². The van der Waals surface area contributed by atoms with E-state index in [2.05, 4.69) is 60.7 Å². The molecule has 26 heavy (non-hydrogen) atoms. The van der Waals surface area contributed by atoms with Gasteiger partial charge >= 0.3 is 7.82 Å². The Morgan fingerprint density at radius 2 is 1.69 bits per heavy atom. The van der Waals surface area contributed by atoms with Crippen molar-refractivity contribution in [1.29, 1.82) is 0 Å². The van der Waals surface area contributed by atoms with Crippen LogP contribution in [0.4, 0.5) is 11.4 Å². The molecule has 4 N–H and O–H groups in total. The molecule has 3 rings (SSSR count). The molecule has 0 saturated heterocycles. The second kappa shape index (κ2) is 9.00. The minimum atomic E-state index is -4.64. The number of rotatable bonds is 4. The number of hydrogen-bond acceptors (Lipinski definition) is 3. The maximum absolute atomic E-state index is 8.88. The second-order valence-electron chi connectivity index (χ2n) is 6.46. The number of benzene rings is 2. The van der Waals surface area contributed by atoms with Gasteiger partial charge in [0.2, 0.25) is 0 Å². The number of para-hydroxylation sites is 1. The molecule has 1 aliphatic rings. The molecule has 0 spiro atoms. The molecule has 0 radical (unpaired) electrons. The quantitative estimate of drug-likeness (QED) is 0.583. The molecular formula is C18H24ClN2O4P. The van der Waals surface area contributed by atoms with Crippen LogP contribution in [0, 0.1) is 0 Å². The summed E-state index contributed by atoms with van der Waals surface area (Å²) in [6.45, 7) is 1.11. The predicted molar refractivity (Wildman–Crippen MR) is 105 cm³/mol. The van der Waals surface area contributed by atoms with Gasteiger partial charge in [0.15, 0.2) is 0 Å². The van der Waals surface area contributed by atoms with Gasteiger partial charge in [-0.15, -0.1) is 0 Å². The SMILES string of the molecule is CN(C)CCC[C@@H]1c2ccccc2Nc2ccc(Cl)cc21.O=P(O)(O)O. The van der Waals surface area contributed by atoms with Crippen molar-refractivity contribution in [1.82, 2.24) is 4.90 Å². The molecule has 1 aliphatic heterocycles. The summed E-state index contributed by atoms with van der Waals surface area (Å²) in [5.74, 6) is 0.427. The largest absolute Gasteiger partial charge is 0.466 e. The van der Waals surface area contributed by atoms with Crippen molar-refractivity contribution in [2.75, 3.05) is 26.0 Å². The van der Waals surface area contributed by atoms with Crippen LogP contribution in [-0.4, -0.2) is 40.2 Å². The van der Waals surface area contributed by atoms with Gasteiger partial charge in [-0.3, -0.25) is 0 Å².